The van der Waals surface area contributed by atoms with Crippen molar-refractivity contribution in [3.8, 4) is 17.1 Å². The standard InChI is InChI=1S/C26H21N3O7S/c1-35-21-8-6-18(29(33)34)12-20(21)22-9-7-19(36-22)13-23-25(31)28(26(32)37-23)15-24(30)27-11-10-16-4-2-3-5-17(16)14-27/h2-9,12-13H,10-11,14-15H2,1H3/b23-13-. The second-order valence-electron chi connectivity index (χ2n) is 8.45. The third-order valence-electron chi connectivity index (χ3n) is 6.21. The molecule has 0 atom stereocenters. The van der Waals surface area contributed by atoms with Gasteiger partial charge in [-0.25, -0.2) is 0 Å². The van der Waals surface area contributed by atoms with Crippen LogP contribution in [0.3, 0.4) is 0 Å². The first-order valence-corrected chi connectivity index (χ1v) is 12.2. The topological polar surface area (TPSA) is 123 Å². The second-order valence-corrected chi connectivity index (χ2v) is 9.44. The normalized spacial score (nSPS) is 16.3. The van der Waals surface area contributed by atoms with Crippen molar-refractivity contribution in [3.63, 3.8) is 0 Å². The van der Waals surface area contributed by atoms with E-state index in [4.69, 9.17) is 9.15 Å². The Morgan fingerprint density at radius 3 is 2.70 bits per heavy atom. The molecule has 1 aromatic heterocycles. The molecule has 0 unspecified atom stereocenters. The molecule has 3 amide bonds. The van der Waals surface area contributed by atoms with E-state index in [2.05, 4.69) is 0 Å². The summed E-state index contributed by atoms with van der Waals surface area (Å²) in [5.74, 6) is 0.0769. The summed E-state index contributed by atoms with van der Waals surface area (Å²) < 4.78 is 11.1. The lowest BCUT2D eigenvalue weighted by molar-refractivity contribution is -0.384. The lowest BCUT2D eigenvalue weighted by Gasteiger charge is -2.29. The Balaban J connectivity index is 1.31. The Hall–Kier alpha value is -4.38. The number of hydrogen-bond donors (Lipinski definition) is 0. The Morgan fingerprint density at radius 2 is 1.95 bits per heavy atom. The van der Waals surface area contributed by atoms with Crippen LogP contribution in [0.5, 0.6) is 5.75 Å². The van der Waals surface area contributed by atoms with Gasteiger partial charge in [0.2, 0.25) is 5.91 Å². The maximum Gasteiger partial charge on any atom is 0.294 e. The smallest absolute Gasteiger partial charge is 0.294 e. The molecular formula is C26H21N3O7S. The van der Waals surface area contributed by atoms with Gasteiger partial charge in [-0.1, -0.05) is 24.3 Å². The number of furan rings is 1. The number of hydrogen-bond acceptors (Lipinski definition) is 8. The number of ether oxygens (including phenoxy) is 1. The minimum atomic E-state index is -0.577. The average Bonchev–Trinajstić information content (AvgIpc) is 3.47. The number of thioether (sulfide) groups is 1. The van der Waals surface area contributed by atoms with E-state index in [1.807, 2.05) is 24.3 Å². The molecule has 0 bridgehead atoms. The minimum absolute atomic E-state index is 0.119. The van der Waals surface area contributed by atoms with E-state index in [-0.39, 0.29) is 28.8 Å². The molecule has 1 fully saturated rings. The van der Waals surface area contributed by atoms with Gasteiger partial charge in [-0.3, -0.25) is 29.4 Å². The van der Waals surface area contributed by atoms with E-state index in [1.165, 1.54) is 36.9 Å². The van der Waals surface area contributed by atoms with E-state index >= 15 is 0 Å². The van der Waals surface area contributed by atoms with E-state index in [9.17, 15) is 24.5 Å². The first-order valence-electron chi connectivity index (χ1n) is 11.4. The molecule has 0 aliphatic carbocycles. The predicted molar refractivity (Wildman–Crippen MR) is 136 cm³/mol. The summed E-state index contributed by atoms with van der Waals surface area (Å²) in [5.41, 5.74) is 2.50. The summed E-state index contributed by atoms with van der Waals surface area (Å²) in [6.45, 7) is 0.633. The van der Waals surface area contributed by atoms with Crippen LogP contribution in [0.2, 0.25) is 0 Å². The molecule has 0 saturated carbocycles. The SMILES string of the molecule is COc1ccc([N+](=O)[O-])cc1-c1ccc(/C=C2\SC(=O)N(CC(=O)N3CCc4ccccc4C3)C2=O)o1. The molecule has 37 heavy (non-hydrogen) atoms. The van der Waals surface area contributed by atoms with Gasteiger partial charge in [0.25, 0.3) is 16.8 Å². The highest BCUT2D eigenvalue weighted by atomic mass is 32.2. The van der Waals surface area contributed by atoms with Crippen molar-refractivity contribution in [2.24, 2.45) is 0 Å². The number of non-ortho nitro benzene ring substituents is 1. The van der Waals surface area contributed by atoms with Gasteiger partial charge in [-0.05, 0) is 47.5 Å². The van der Waals surface area contributed by atoms with Gasteiger partial charge < -0.3 is 14.1 Å². The monoisotopic (exact) mass is 519 g/mol. The molecule has 11 heteroatoms. The molecule has 2 aliphatic heterocycles. The molecule has 188 valence electrons. The van der Waals surface area contributed by atoms with Crippen molar-refractivity contribution < 1.29 is 28.5 Å². The first kappa shape index (κ1) is 24.3. The van der Waals surface area contributed by atoms with Crippen LogP contribution in [0, 0.1) is 10.1 Å². The predicted octanol–water partition coefficient (Wildman–Crippen LogP) is 4.48. The molecule has 1 saturated heterocycles. The molecule has 2 aromatic carbocycles. The number of carbonyl (C=O) groups is 3. The van der Waals surface area contributed by atoms with Crippen LogP contribution in [0.15, 0.2) is 63.9 Å². The van der Waals surface area contributed by atoms with Crippen LogP contribution in [0.25, 0.3) is 17.4 Å². The third-order valence-corrected chi connectivity index (χ3v) is 7.12. The van der Waals surface area contributed by atoms with Gasteiger partial charge >= 0.3 is 0 Å². The molecular weight excluding hydrogens is 498 g/mol. The fourth-order valence-electron chi connectivity index (χ4n) is 4.29. The summed E-state index contributed by atoms with van der Waals surface area (Å²) in [7, 11) is 1.44. The van der Waals surface area contributed by atoms with Gasteiger partial charge in [-0.2, -0.15) is 0 Å². The van der Waals surface area contributed by atoms with Crippen molar-refractivity contribution in [2.45, 2.75) is 13.0 Å². The first-order chi connectivity index (χ1) is 17.8. The molecule has 3 aromatic rings. The van der Waals surface area contributed by atoms with E-state index in [0.717, 1.165) is 28.6 Å². The molecule has 0 radical (unpaired) electrons. The quantitative estimate of drug-likeness (QED) is 0.265. The maximum atomic E-state index is 12.9. The maximum absolute atomic E-state index is 12.9. The zero-order valence-electron chi connectivity index (χ0n) is 19.7. The molecule has 5 rings (SSSR count). The summed E-state index contributed by atoms with van der Waals surface area (Å²) in [4.78, 5) is 51.7. The van der Waals surface area contributed by atoms with Crippen LogP contribution in [0.1, 0.15) is 16.9 Å². The number of imide groups is 1. The highest BCUT2D eigenvalue weighted by Gasteiger charge is 2.37. The summed E-state index contributed by atoms with van der Waals surface area (Å²) in [6, 6.07) is 15.2. The summed E-state index contributed by atoms with van der Waals surface area (Å²) in [6.07, 6.45) is 2.14. The number of benzene rings is 2. The number of fused-ring (bicyclic) bond motifs is 1. The largest absolute Gasteiger partial charge is 0.496 e. The number of rotatable bonds is 6. The fourth-order valence-corrected chi connectivity index (χ4v) is 5.10. The molecule has 10 nitrogen and oxygen atoms in total. The van der Waals surface area contributed by atoms with Crippen LogP contribution in [-0.2, 0) is 22.6 Å². The lowest BCUT2D eigenvalue weighted by atomic mass is 10.00. The van der Waals surface area contributed by atoms with Crippen molar-refractivity contribution in [1.82, 2.24) is 9.80 Å². The zero-order valence-corrected chi connectivity index (χ0v) is 20.5. The van der Waals surface area contributed by atoms with Gasteiger partial charge in [0, 0.05) is 31.3 Å². The number of nitrogens with zero attached hydrogens (tertiary/aromatic N) is 3. The summed E-state index contributed by atoms with van der Waals surface area (Å²) >= 11 is 0.727. The second kappa shape index (κ2) is 9.94. The van der Waals surface area contributed by atoms with Gasteiger partial charge in [0.05, 0.1) is 22.5 Å². The number of amides is 3. The van der Waals surface area contributed by atoms with Crippen LogP contribution < -0.4 is 4.74 Å². The number of methoxy groups -OCH3 is 1. The highest BCUT2D eigenvalue weighted by Crippen LogP contribution is 2.37. The third kappa shape index (κ3) is 4.85. The fraction of sp³-hybridized carbons (Fsp3) is 0.192. The Kier molecular flexibility index (Phi) is 6.53. The van der Waals surface area contributed by atoms with Gasteiger partial charge in [-0.15, -0.1) is 0 Å². The zero-order chi connectivity index (χ0) is 26.1. The highest BCUT2D eigenvalue weighted by molar-refractivity contribution is 8.18. The van der Waals surface area contributed by atoms with Gasteiger partial charge in [0.15, 0.2) is 0 Å². The van der Waals surface area contributed by atoms with Crippen molar-refractivity contribution >= 4 is 40.6 Å². The Morgan fingerprint density at radius 1 is 1.16 bits per heavy atom. The Bertz CT molecular complexity index is 1460. The van der Waals surface area contributed by atoms with Crippen LogP contribution >= 0.6 is 11.8 Å². The Labute approximate surface area is 215 Å². The minimum Gasteiger partial charge on any atom is -0.496 e. The van der Waals surface area contributed by atoms with E-state index in [0.29, 0.717) is 30.2 Å². The van der Waals surface area contributed by atoms with Crippen molar-refractivity contribution in [1.29, 1.82) is 0 Å². The van der Waals surface area contributed by atoms with Gasteiger partial charge in [0.1, 0.15) is 23.8 Å². The number of nitro benzene ring substituents is 1. The summed E-state index contributed by atoms with van der Waals surface area (Å²) in [5, 5.41) is 10.6. The van der Waals surface area contributed by atoms with Crippen molar-refractivity contribution in [2.75, 3.05) is 20.2 Å². The molecule has 2 aliphatic rings. The van der Waals surface area contributed by atoms with Crippen LogP contribution in [-0.4, -0.2) is 52.0 Å². The number of nitro groups is 1. The van der Waals surface area contributed by atoms with E-state index in [1.54, 1.807) is 17.0 Å². The lowest BCUT2D eigenvalue weighted by Crippen LogP contribution is -2.44. The van der Waals surface area contributed by atoms with Crippen LogP contribution in [0.4, 0.5) is 10.5 Å². The average molecular weight is 520 g/mol. The number of carbonyl (C=O) groups excluding carboxylic acids is 3. The van der Waals surface area contributed by atoms with Crippen molar-refractivity contribution in [3.05, 3.63) is 86.5 Å². The molecule has 0 spiro atoms. The molecule has 0 N–H and O–H groups in total. The molecule has 3 heterocycles. The van der Waals surface area contributed by atoms with E-state index < -0.39 is 16.1 Å².